The van der Waals surface area contributed by atoms with Gasteiger partial charge in [0.2, 0.25) is 5.91 Å². The van der Waals surface area contributed by atoms with Gasteiger partial charge in [-0.2, -0.15) is 0 Å². The first-order chi connectivity index (χ1) is 10.1. The van der Waals surface area contributed by atoms with Crippen LogP contribution >= 0.6 is 12.2 Å². The van der Waals surface area contributed by atoms with Crippen molar-refractivity contribution in [3.63, 3.8) is 0 Å². The summed E-state index contributed by atoms with van der Waals surface area (Å²) in [5, 5.41) is 0. The van der Waals surface area contributed by atoms with E-state index in [1.165, 1.54) is 25.7 Å². The molecule has 0 aromatic rings. The largest absolute Gasteiger partial charge is 0.393 e. The Hall–Kier alpha value is -0.720. The number of ether oxygens (including phenoxy) is 1. The molecule has 2 atom stereocenters. The molecule has 0 aromatic carbocycles. The molecule has 1 saturated carbocycles. The molecule has 5 nitrogen and oxygen atoms in total. The maximum absolute atomic E-state index is 12.1. The van der Waals surface area contributed by atoms with E-state index >= 15 is 0 Å². The Kier molecular flexibility index (Phi) is 6.39. The molecule has 0 spiro atoms. The van der Waals surface area contributed by atoms with Crippen molar-refractivity contribution in [1.29, 1.82) is 0 Å². The molecule has 1 heterocycles. The second-order valence-corrected chi connectivity index (χ2v) is 6.60. The Morgan fingerprint density at radius 2 is 2.14 bits per heavy atom. The quantitative estimate of drug-likeness (QED) is 0.746. The first kappa shape index (κ1) is 16.6. The molecule has 0 aromatic heterocycles. The van der Waals surface area contributed by atoms with Crippen LogP contribution in [0.4, 0.5) is 0 Å². The standard InChI is InChI=1S/C15H27N3O2S/c1-17(8-6-14(16)21)15(19)7-9-18-10-11-20-13-5-3-2-4-12(13)18/h12-13H,2-11H2,1H3,(H2,16,21). The van der Waals surface area contributed by atoms with Crippen LogP contribution < -0.4 is 5.73 Å². The Balaban J connectivity index is 1.75. The molecule has 0 bridgehead atoms. The van der Waals surface area contributed by atoms with Gasteiger partial charge in [0.15, 0.2) is 0 Å². The van der Waals surface area contributed by atoms with E-state index in [4.69, 9.17) is 22.7 Å². The van der Waals surface area contributed by atoms with Crippen molar-refractivity contribution < 1.29 is 9.53 Å². The number of carbonyl (C=O) groups excluding carboxylic acids is 1. The highest BCUT2D eigenvalue weighted by atomic mass is 32.1. The smallest absolute Gasteiger partial charge is 0.223 e. The van der Waals surface area contributed by atoms with E-state index in [0.717, 1.165) is 19.7 Å². The van der Waals surface area contributed by atoms with Gasteiger partial charge in [0, 0.05) is 45.6 Å². The van der Waals surface area contributed by atoms with Gasteiger partial charge >= 0.3 is 0 Å². The molecule has 2 fully saturated rings. The predicted molar refractivity (Wildman–Crippen MR) is 87.2 cm³/mol. The van der Waals surface area contributed by atoms with Gasteiger partial charge in [0.05, 0.1) is 17.7 Å². The molecule has 2 unspecified atom stereocenters. The fourth-order valence-electron chi connectivity index (χ4n) is 3.29. The number of hydrogen-bond donors (Lipinski definition) is 1. The van der Waals surface area contributed by atoms with E-state index in [-0.39, 0.29) is 5.91 Å². The zero-order chi connectivity index (χ0) is 15.2. The summed E-state index contributed by atoms with van der Waals surface area (Å²) in [6, 6.07) is 0.516. The third kappa shape index (κ3) is 4.90. The number of thiocarbonyl (C=S) groups is 1. The number of hydrogen-bond acceptors (Lipinski definition) is 4. The first-order valence-electron chi connectivity index (χ1n) is 7.96. The second kappa shape index (κ2) is 8.06. The van der Waals surface area contributed by atoms with Gasteiger partial charge in [0.1, 0.15) is 0 Å². The summed E-state index contributed by atoms with van der Waals surface area (Å²) in [5.41, 5.74) is 5.48. The summed E-state index contributed by atoms with van der Waals surface area (Å²) in [6.45, 7) is 3.20. The maximum atomic E-state index is 12.1. The van der Waals surface area contributed by atoms with Crippen LogP contribution in [0.25, 0.3) is 0 Å². The molecular weight excluding hydrogens is 286 g/mol. The molecule has 1 saturated heterocycles. The highest BCUT2D eigenvalue weighted by Crippen LogP contribution is 2.28. The molecule has 1 aliphatic heterocycles. The Labute approximate surface area is 132 Å². The van der Waals surface area contributed by atoms with Crippen LogP contribution in [0.3, 0.4) is 0 Å². The molecule has 2 rings (SSSR count). The van der Waals surface area contributed by atoms with Gasteiger partial charge in [-0.25, -0.2) is 0 Å². The Bertz CT molecular complexity index is 376. The van der Waals surface area contributed by atoms with Crippen molar-refractivity contribution in [1.82, 2.24) is 9.80 Å². The first-order valence-corrected chi connectivity index (χ1v) is 8.36. The summed E-state index contributed by atoms with van der Waals surface area (Å²) in [7, 11) is 1.82. The molecule has 21 heavy (non-hydrogen) atoms. The lowest BCUT2D eigenvalue weighted by Crippen LogP contribution is -2.53. The van der Waals surface area contributed by atoms with E-state index in [1.54, 1.807) is 4.90 Å². The van der Waals surface area contributed by atoms with Crippen LogP contribution in [0.1, 0.15) is 38.5 Å². The molecule has 0 radical (unpaired) electrons. The van der Waals surface area contributed by atoms with Crippen LogP contribution in [0.2, 0.25) is 0 Å². The molecule has 1 amide bonds. The lowest BCUT2D eigenvalue weighted by molar-refractivity contribution is -0.132. The minimum atomic E-state index is 0.171. The zero-order valence-electron chi connectivity index (χ0n) is 12.9. The third-order valence-electron chi connectivity index (χ3n) is 4.58. The van der Waals surface area contributed by atoms with Crippen LogP contribution in [0.5, 0.6) is 0 Å². The summed E-state index contributed by atoms with van der Waals surface area (Å²) in [4.78, 5) is 16.8. The van der Waals surface area contributed by atoms with Crippen molar-refractivity contribution in [2.24, 2.45) is 5.73 Å². The van der Waals surface area contributed by atoms with Crippen LogP contribution in [0.15, 0.2) is 0 Å². The lowest BCUT2D eigenvalue weighted by Gasteiger charge is -2.43. The van der Waals surface area contributed by atoms with Crippen molar-refractivity contribution in [3.8, 4) is 0 Å². The average molecular weight is 313 g/mol. The number of carbonyl (C=O) groups is 1. The van der Waals surface area contributed by atoms with Crippen LogP contribution in [-0.2, 0) is 9.53 Å². The number of nitrogens with zero attached hydrogens (tertiary/aromatic N) is 2. The van der Waals surface area contributed by atoms with E-state index in [0.29, 0.717) is 36.5 Å². The maximum Gasteiger partial charge on any atom is 0.223 e. The normalized spacial score (nSPS) is 26.1. The molecule has 2 N–H and O–H groups in total. The molecule has 2 aliphatic rings. The zero-order valence-corrected chi connectivity index (χ0v) is 13.7. The molecule has 1 aliphatic carbocycles. The fourth-order valence-corrected chi connectivity index (χ4v) is 3.38. The third-order valence-corrected chi connectivity index (χ3v) is 4.78. The molecule has 6 heteroatoms. The number of fused-ring (bicyclic) bond motifs is 1. The van der Waals surface area contributed by atoms with E-state index in [9.17, 15) is 4.79 Å². The number of rotatable bonds is 6. The minimum absolute atomic E-state index is 0.171. The number of nitrogens with two attached hydrogens (primary N) is 1. The Morgan fingerprint density at radius 1 is 1.38 bits per heavy atom. The van der Waals surface area contributed by atoms with Crippen molar-refractivity contribution in [2.75, 3.05) is 33.3 Å². The fraction of sp³-hybridized carbons (Fsp3) is 0.867. The lowest BCUT2D eigenvalue weighted by atomic mass is 9.90. The summed E-state index contributed by atoms with van der Waals surface area (Å²) in [6.07, 6.45) is 6.48. The second-order valence-electron chi connectivity index (χ2n) is 6.08. The SMILES string of the molecule is CN(CCC(N)=S)C(=O)CCN1CCOC2CCCCC21. The monoisotopic (exact) mass is 313 g/mol. The summed E-state index contributed by atoms with van der Waals surface area (Å²) < 4.78 is 5.87. The van der Waals surface area contributed by atoms with E-state index in [2.05, 4.69) is 4.90 Å². The van der Waals surface area contributed by atoms with Gasteiger partial charge < -0.3 is 15.4 Å². The number of amides is 1. The van der Waals surface area contributed by atoms with Gasteiger partial charge in [-0.15, -0.1) is 0 Å². The minimum Gasteiger partial charge on any atom is -0.393 e. The highest BCUT2D eigenvalue weighted by molar-refractivity contribution is 7.80. The van der Waals surface area contributed by atoms with Crippen molar-refractivity contribution in [3.05, 3.63) is 0 Å². The Morgan fingerprint density at radius 3 is 2.90 bits per heavy atom. The average Bonchev–Trinajstić information content (AvgIpc) is 2.50. The summed E-state index contributed by atoms with van der Waals surface area (Å²) >= 11 is 4.85. The van der Waals surface area contributed by atoms with Crippen molar-refractivity contribution in [2.45, 2.75) is 50.7 Å². The predicted octanol–water partition coefficient (Wildman–Crippen LogP) is 1.15. The molecule has 120 valence electrons. The van der Waals surface area contributed by atoms with Crippen LogP contribution in [-0.4, -0.2) is 66.1 Å². The highest BCUT2D eigenvalue weighted by Gasteiger charge is 2.34. The van der Waals surface area contributed by atoms with Gasteiger partial charge in [-0.05, 0) is 12.8 Å². The van der Waals surface area contributed by atoms with E-state index in [1.807, 2.05) is 7.05 Å². The van der Waals surface area contributed by atoms with E-state index < -0.39 is 0 Å². The van der Waals surface area contributed by atoms with Crippen LogP contribution in [0, 0.1) is 0 Å². The van der Waals surface area contributed by atoms with Crippen molar-refractivity contribution >= 4 is 23.1 Å². The topological polar surface area (TPSA) is 58.8 Å². The van der Waals surface area contributed by atoms with Gasteiger partial charge in [-0.1, -0.05) is 25.1 Å². The summed E-state index contributed by atoms with van der Waals surface area (Å²) in [5.74, 6) is 0.171. The van der Waals surface area contributed by atoms with Gasteiger partial charge in [-0.3, -0.25) is 9.69 Å². The molecular formula is C15H27N3O2S. The number of morpholine rings is 1. The van der Waals surface area contributed by atoms with Gasteiger partial charge in [0.25, 0.3) is 0 Å².